The summed E-state index contributed by atoms with van der Waals surface area (Å²) in [5.41, 5.74) is 3.29. The molecule has 0 bridgehead atoms. The average molecular weight is 520 g/mol. The fourth-order valence-electron chi connectivity index (χ4n) is 3.70. The van der Waals surface area contributed by atoms with E-state index in [4.69, 9.17) is 14.2 Å². The summed E-state index contributed by atoms with van der Waals surface area (Å²) in [6.45, 7) is 9.84. The molecule has 2 N–H and O–H groups in total. The van der Waals surface area contributed by atoms with Crippen molar-refractivity contribution in [3.8, 4) is 11.8 Å². The van der Waals surface area contributed by atoms with E-state index < -0.39 is 23.7 Å². The summed E-state index contributed by atoms with van der Waals surface area (Å²) < 4.78 is 15.5. The molecular weight excluding hydrogens is 482 g/mol. The maximum Gasteiger partial charge on any atom is 0.407 e. The smallest absolute Gasteiger partial charge is 0.407 e. The standard InChI is InChI=1S/C30H37N3O5/c1-30(2,3)38-29(35)31-21-27(28(34)36-4)32-26-15-13-24(14-16-26)8-6-5-7-23-9-11-25(12-10-23)22-33-17-19-37-20-18-33/h5,7,9-16,27,32H,17-22H2,1-4H3,(H,31,35)/b7-5+/t27-/m0/s1. The number of nitrogens with zero attached hydrogens (tertiary/aromatic N) is 1. The molecule has 2 aromatic carbocycles. The van der Waals surface area contributed by atoms with Crippen molar-refractivity contribution in [1.29, 1.82) is 0 Å². The lowest BCUT2D eigenvalue weighted by Gasteiger charge is -2.26. The molecule has 0 aliphatic carbocycles. The van der Waals surface area contributed by atoms with Crippen LogP contribution < -0.4 is 10.6 Å². The van der Waals surface area contributed by atoms with Gasteiger partial charge in [-0.15, -0.1) is 0 Å². The predicted octanol–water partition coefficient (Wildman–Crippen LogP) is 4.06. The van der Waals surface area contributed by atoms with E-state index in [1.54, 1.807) is 20.8 Å². The zero-order valence-corrected chi connectivity index (χ0v) is 22.6. The molecule has 8 nitrogen and oxygen atoms in total. The van der Waals surface area contributed by atoms with E-state index in [1.807, 2.05) is 36.4 Å². The lowest BCUT2D eigenvalue weighted by Crippen LogP contribution is -2.43. The van der Waals surface area contributed by atoms with Gasteiger partial charge < -0.3 is 24.8 Å². The van der Waals surface area contributed by atoms with Gasteiger partial charge in [0.25, 0.3) is 0 Å². The first-order valence-electron chi connectivity index (χ1n) is 12.7. The number of allylic oxidation sites excluding steroid dienone is 1. The number of hydrogen-bond acceptors (Lipinski definition) is 7. The molecule has 1 atom stereocenters. The number of rotatable bonds is 8. The number of morpholine rings is 1. The molecule has 1 aliphatic rings. The van der Waals surface area contributed by atoms with Crippen molar-refractivity contribution in [1.82, 2.24) is 10.2 Å². The Hall–Kier alpha value is -3.80. The highest BCUT2D eigenvalue weighted by atomic mass is 16.6. The van der Waals surface area contributed by atoms with Gasteiger partial charge in [-0.25, -0.2) is 9.59 Å². The molecule has 3 rings (SSSR count). The minimum Gasteiger partial charge on any atom is -0.467 e. The Morgan fingerprint density at radius 1 is 1.08 bits per heavy atom. The highest BCUT2D eigenvalue weighted by Crippen LogP contribution is 2.13. The predicted molar refractivity (Wildman–Crippen MR) is 149 cm³/mol. The molecule has 0 radical (unpaired) electrons. The molecule has 1 saturated heterocycles. The lowest BCUT2D eigenvalue weighted by atomic mass is 10.1. The van der Waals surface area contributed by atoms with Crippen molar-refractivity contribution < 1.29 is 23.8 Å². The van der Waals surface area contributed by atoms with Gasteiger partial charge in [-0.05, 0) is 68.3 Å². The third-order valence-corrected chi connectivity index (χ3v) is 5.63. The van der Waals surface area contributed by atoms with Gasteiger partial charge in [-0.1, -0.05) is 36.1 Å². The normalized spacial score (nSPS) is 14.7. The number of alkyl carbamates (subject to hydrolysis) is 1. The van der Waals surface area contributed by atoms with E-state index in [-0.39, 0.29) is 6.54 Å². The van der Waals surface area contributed by atoms with Gasteiger partial charge in [-0.2, -0.15) is 0 Å². The summed E-state index contributed by atoms with van der Waals surface area (Å²) in [4.78, 5) is 26.5. The van der Waals surface area contributed by atoms with Crippen molar-refractivity contribution in [2.24, 2.45) is 0 Å². The molecule has 2 aromatic rings. The molecule has 0 saturated carbocycles. The van der Waals surface area contributed by atoms with Gasteiger partial charge in [0.2, 0.25) is 0 Å². The highest BCUT2D eigenvalue weighted by molar-refractivity contribution is 5.80. The number of esters is 1. The average Bonchev–Trinajstić information content (AvgIpc) is 2.90. The Labute approximate surface area is 225 Å². The molecule has 0 unspecified atom stereocenters. The van der Waals surface area contributed by atoms with Crippen LogP contribution in [0.15, 0.2) is 54.6 Å². The van der Waals surface area contributed by atoms with E-state index in [9.17, 15) is 9.59 Å². The number of carbonyl (C=O) groups is 2. The largest absolute Gasteiger partial charge is 0.467 e. The second-order valence-electron chi connectivity index (χ2n) is 9.91. The second-order valence-corrected chi connectivity index (χ2v) is 9.91. The third kappa shape index (κ3) is 10.3. The Kier molecular flexibility index (Phi) is 10.8. The topological polar surface area (TPSA) is 89.1 Å². The Balaban J connectivity index is 1.50. The van der Waals surface area contributed by atoms with E-state index in [2.05, 4.69) is 51.6 Å². The van der Waals surface area contributed by atoms with Crippen LogP contribution in [-0.2, 0) is 25.5 Å². The number of nitrogens with one attached hydrogen (secondary N) is 2. The highest BCUT2D eigenvalue weighted by Gasteiger charge is 2.22. The van der Waals surface area contributed by atoms with E-state index in [0.717, 1.165) is 44.0 Å². The van der Waals surface area contributed by atoms with Crippen molar-refractivity contribution in [2.45, 2.75) is 39.0 Å². The molecule has 0 aromatic heterocycles. The second kappa shape index (κ2) is 14.2. The van der Waals surface area contributed by atoms with Crippen LogP contribution in [-0.4, -0.2) is 68.6 Å². The molecule has 1 fully saturated rings. The van der Waals surface area contributed by atoms with Crippen LogP contribution in [0.3, 0.4) is 0 Å². The molecule has 38 heavy (non-hydrogen) atoms. The van der Waals surface area contributed by atoms with E-state index in [1.165, 1.54) is 12.7 Å². The van der Waals surface area contributed by atoms with Crippen LogP contribution in [0.2, 0.25) is 0 Å². The molecule has 202 valence electrons. The molecule has 0 spiro atoms. The van der Waals surface area contributed by atoms with Gasteiger partial charge in [0.1, 0.15) is 11.6 Å². The monoisotopic (exact) mass is 519 g/mol. The Morgan fingerprint density at radius 3 is 2.39 bits per heavy atom. The number of ether oxygens (including phenoxy) is 3. The van der Waals surface area contributed by atoms with Crippen LogP contribution in [0.1, 0.15) is 37.5 Å². The third-order valence-electron chi connectivity index (χ3n) is 5.63. The molecule has 1 aliphatic heterocycles. The van der Waals surface area contributed by atoms with Crippen molar-refractivity contribution in [2.75, 3.05) is 45.3 Å². The maximum atomic E-state index is 12.2. The SMILES string of the molecule is COC(=O)[C@H](CNC(=O)OC(C)(C)C)Nc1ccc(C#C/C=C/c2ccc(CN3CCOCC3)cc2)cc1. The summed E-state index contributed by atoms with van der Waals surface area (Å²) in [5, 5.41) is 5.67. The zero-order chi connectivity index (χ0) is 27.4. The van der Waals surface area contributed by atoms with Crippen LogP contribution in [0, 0.1) is 11.8 Å². The first-order valence-corrected chi connectivity index (χ1v) is 12.7. The van der Waals surface area contributed by atoms with Crippen molar-refractivity contribution in [3.63, 3.8) is 0 Å². The number of benzene rings is 2. The Morgan fingerprint density at radius 2 is 1.76 bits per heavy atom. The fraction of sp³-hybridized carbons (Fsp3) is 0.400. The fourth-order valence-corrected chi connectivity index (χ4v) is 3.70. The first-order chi connectivity index (χ1) is 18.2. The zero-order valence-electron chi connectivity index (χ0n) is 22.6. The molecule has 8 heteroatoms. The van der Waals surface area contributed by atoms with Gasteiger partial charge in [0, 0.05) is 30.9 Å². The van der Waals surface area contributed by atoms with Crippen molar-refractivity contribution in [3.05, 3.63) is 71.3 Å². The quantitative estimate of drug-likeness (QED) is 0.402. The van der Waals surface area contributed by atoms with Gasteiger partial charge in [-0.3, -0.25) is 4.90 Å². The van der Waals surface area contributed by atoms with Gasteiger partial charge in [0.05, 0.1) is 26.9 Å². The number of anilines is 1. The number of methoxy groups -OCH3 is 1. The minimum absolute atomic E-state index is 0.0160. The van der Waals surface area contributed by atoms with Crippen LogP contribution in [0.25, 0.3) is 6.08 Å². The molecule has 1 heterocycles. The minimum atomic E-state index is -0.771. The summed E-state index contributed by atoms with van der Waals surface area (Å²) in [6, 6.07) is 15.1. The summed E-state index contributed by atoms with van der Waals surface area (Å²) in [7, 11) is 1.30. The van der Waals surface area contributed by atoms with E-state index in [0.29, 0.717) is 5.69 Å². The number of amides is 1. The first kappa shape index (κ1) is 28.8. The summed E-state index contributed by atoms with van der Waals surface area (Å²) >= 11 is 0. The van der Waals surface area contributed by atoms with Gasteiger partial charge >= 0.3 is 12.1 Å². The van der Waals surface area contributed by atoms with Crippen LogP contribution in [0.4, 0.5) is 10.5 Å². The summed E-state index contributed by atoms with van der Waals surface area (Å²) in [5.74, 6) is 5.67. The van der Waals surface area contributed by atoms with E-state index >= 15 is 0 Å². The molecular formula is C30H37N3O5. The maximum absolute atomic E-state index is 12.2. The lowest BCUT2D eigenvalue weighted by molar-refractivity contribution is -0.141. The van der Waals surface area contributed by atoms with Crippen molar-refractivity contribution >= 4 is 23.8 Å². The molecule has 1 amide bonds. The van der Waals surface area contributed by atoms with Crippen LogP contribution >= 0.6 is 0 Å². The number of carbonyl (C=O) groups excluding carboxylic acids is 2. The van der Waals surface area contributed by atoms with Crippen LogP contribution in [0.5, 0.6) is 0 Å². The summed E-state index contributed by atoms with van der Waals surface area (Å²) in [6.07, 6.45) is 3.22. The Bertz CT molecular complexity index is 1140. The number of hydrogen-bond donors (Lipinski definition) is 2. The van der Waals surface area contributed by atoms with Gasteiger partial charge in [0.15, 0.2) is 0 Å².